The van der Waals surface area contributed by atoms with Gasteiger partial charge >= 0.3 is 0 Å². The zero-order valence-corrected chi connectivity index (χ0v) is 19.3. The van der Waals surface area contributed by atoms with E-state index in [2.05, 4.69) is 23.2 Å². The fourth-order valence-electron chi connectivity index (χ4n) is 2.84. The predicted octanol–water partition coefficient (Wildman–Crippen LogP) is 7.53. The second-order valence-electron chi connectivity index (χ2n) is 7.47. The van der Waals surface area contributed by atoms with Gasteiger partial charge in [-0.15, -0.1) is 0 Å². The maximum absolute atomic E-state index is 10.6. The van der Waals surface area contributed by atoms with Crippen molar-refractivity contribution in [3.8, 4) is 0 Å². The standard InChI is InChI=1S/C12H14O.C10H10O.C8H7N/c1-11(13)7-5-6-10-12-8-3-2-4-9-12;1-9(11)7-8-10-5-3-2-4-6-10;1-2-4-8-7(3-1)5-6-9-8/h2-4,6,8-10H,5,7H2,1H3;2-8H,1H3;1-6,9H/b10-6+;8-7+;. The number of hydrogen-bond acceptors (Lipinski definition) is 2. The molecule has 0 aliphatic carbocycles. The molecule has 0 amide bonds. The molecule has 0 fully saturated rings. The van der Waals surface area contributed by atoms with E-state index in [4.69, 9.17) is 0 Å². The average Bonchev–Trinajstić information content (AvgIpc) is 3.32. The summed E-state index contributed by atoms with van der Waals surface area (Å²) in [5.74, 6) is 0.326. The van der Waals surface area contributed by atoms with Gasteiger partial charge in [-0.2, -0.15) is 0 Å². The van der Waals surface area contributed by atoms with Gasteiger partial charge in [0.05, 0.1) is 0 Å². The fourth-order valence-corrected chi connectivity index (χ4v) is 2.84. The van der Waals surface area contributed by atoms with Gasteiger partial charge in [-0.25, -0.2) is 0 Å². The first-order valence-corrected chi connectivity index (χ1v) is 11.0. The van der Waals surface area contributed by atoms with Crippen LogP contribution in [0, 0.1) is 0 Å². The van der Waals surface area contributed by atoms with Crippen LogP contribution >= 0.6 is 0 Å². The Morgan fingerprint density at radius 1 is 0.727 bits per heavy atom. The highest BCUT2D eigenvalue weighted by atomic mass is 16.1. The van der Waals surface area contributed by atoms with Gasteiger partial charge in [-0.05, 0) is 55.0 Å². The number of para-hydroxylation sites is 1. The molecule has 0 radical (unpaired) electrons. The Kier molecular flexibility index (Phi) is 11.4. The average molecular weight is 438 g/mol. The number of nitrogens with one attached hydrogen (secondary N) is 1. The molecule has 4 aromatic rings. The van der Waals surface area contributed by atoms with Crippen molar-refractivity contribution in [1.29, 1.82) is 0 Å². The van der Waals surface area contributed by atoms with Crippen molar-refractivity contribution >= 4 is 34.6 Å². The van der Waals surface area contributed by atoms with Crippen molar-refractivity contribution in [3.63, 3.8) is 0 Å². The Morgan fingerprint density at radius 3 is 1.88 bits per heavy atom. The third-order valence-electron chi connectivity index (χ3n) is 4.55. The lowest BCUT2D eigenvalue weighted by molar-refractivity contribution is -0.117. The van der Waals surface area contributed by atoms with E-state index in [-0.39, 0.29) is 11.6 Å². The number of rotatable bonds is 6. The molecule has 1 N–H and O–H groups in total. The van der Waals surface area contributed by atoms with E-state index < -0.39 is 0 Å². The van der Waals surface area contributed by atoms with E-state index in [0.717, 1.165) is 12.0 Å². The van der Waals surface area contributed by atoms with Crippen LogP contribution in [0.5, 0.6) is 0 Å². The molecule has 4 rings (SSSR count). The Morgan fingerprint density at radius 2 is 1.30 bits per heavy atom. The Balaban J connectivity index is 0.000000178. The lowest BCUT2D eigenvalue weighted by Gasteiger charge is -1.91. The van der Waals surface area contributed by atoms with E-state index in [9.17, 15) is 9.59 Å². The quantitative estimate of drug-likeness (QED) is 0.317. The summed E-state index contributed by atoms with van der Waals surface area (Å²) in [5.41, 5.74) is 3.45. The normalized spacial score (nSPS) is 10.4. The molecule has 0 aliphatic rings. The van der Waals surface area contributed by atoms with Crippen LogP contribution in [0.2, 0.25) is 0 Å². The van der Waals surface area contributed by atoms with Crippen LogP contribution < -0.4 is 0 Å². The summed E-state index contributed by atoms with van der Waals surface area (Å²) in [4.78, 5) is 24.3. The van der Waals surface area contributed by atoms with Gasteiger partial charge in [0.2, 0.25) is 0 Å². The third kappa shape index (κ3) is 11.3. The zero-order valence-electron chi connectivity index (χ0n) is 19.3. The highest BCUT2D eigenvalue weighted by molar-refractivity contribution is 5.91. The molecule has 0 saturated heterocycles. The zero-order chi connectivity index (χ0) is 23.7. The highest BCUT2D eigenvalue weighted by Gasteiger charge is 1.89. The number of carbonyl (C=O) groups excluding carboxylic acids is 2. The molecule has 33 heavy (non-hydrogen) atoms. The van der Waals surface area contributed by atoms with Gasteiger partial charge in [0, 0.05) is 18.1 Å². The minimum atomic E-state index is 0.0776. The van der Waals surface area contributed by atoms with Crippen LogP contribution in [0.3, 0.4) is 0 Å². The number of hydrogen-bond donors (Lipinski definition) is 1. The number of Topliss-reactive ketones (excluding diaryl/α,β-unsaturated/α-hetero) is 1. The minimum absolute atomic E-state index is 0.0776. The van der Waals surface area contributed by atoms with E-state index in [1.54, 1.807) is 19.9 Å². The second kappa shape index (κ2) is 14.9. The van der Waals surface area contributed by atoms with Crippen molar-refractivity contribution < 1.29 is 9.59 Å². The van der Waals surface area contributed by atoms with Gasteiger partial charge in [-0.1, -0.05) is 97.1 Å². The first-order chi connectivity index (χ1) is 16.0. The number of H-pyrrole nitrogens is 1. The van der Waals surface area contributed by atoms with Crippen molar-refractivity contribution in [1.82, 2.24) is 4.98 Å². The molecule has 0 saturated carbocycles. The summed E-state index contributed by atoms with van der Waals surface area (Å²) in [6.07, 6.45) is 10.9. The minimum Gasteiger partial charge on any atom is -0.361 e. The molecule has 0 aliphatic heterocycles. The summed E-state index contributed by atoms with van der Waals surface area (Å²) in [5, 5.41) is 1.28. The predicted molar refractivity (Wildman–Crippen MR) is 140 cm³/mol. The lowest BCUT2D eigenvalue weighted by Crippen LogP contribution is -1.86. The van der Waals surface area contributed by atoms with Gasteiger partial charge in [0.25, 0.3) is 0 Å². The molecular formula is C30H31NO2. The first kappa shape index (κ1) is 25.3. The number of ketones is 2. The second-order valence-corrected chi connectivity index (χ2v) is 7.47. The van der Waals surface area contributed by atoms with E-state index in [1.807, 2.05) is 97.2 Å². The summed E-state index contributed by atoms with van der Waals surface area (Å²) < 4.78 is 0. The molecule has 168 valence electrons. The van der Waals surface area contributed by atoms with Crippen LogP contribution in [0.25, 0.3) is 23.1 Å². The molecular weight excluding hydrogens is 406 g/mol. The summed E-state index contributed by atoms with van der Waals surface area (Å²) in [6.45, 7) is 3.16. The van der Waals surface area contributed by atoms with Crippen molar-refractivity contribution in [2.24, 2.45) is 0 Å². The van der Waals surface area contributed by atoms with Crippen LogP contribution in [0.15, 0.2) is 109 Å². The number of aromatic amines is 1. The largest absolute Gasteiger partial charge is 0.361 e. The number of aromatic nitrogens is 1. The maximum Gasteiger partial charge on any atom is 0.152 e. The topological polar surface area (TPSA) is 49.9 Å². The molecule has 3 heteroatoms. The molecule has 0 bridgehead atoms. The van der Waals surface area contributed by atoms with Crippen molar-refractivity contribution in [2.45, 2.75) is 26.7 Å². The number of fused-ring (bicyclic) bond motifs is 1. The molecule has 1 heterocycles. The van der Waals surface area contributed by atoms with Crippen LogP contribution in [-0.4, -0.2) is 16.6 Å². The SMILES string of the molecule is CC(=O)/C=C/c1ccccc1.CC(=O)CC/C=C/c1ccccc1.c1ccc2[nH]ccc2c1. The van der Waals surface area contributed by atoms with Crippen LogP contribution in [-0.2, 0) is 9.59 Å². The van der Waals surface area contributed by atoms with Gasteiger partial charge in [0.1, 0.15) is 5.78 Å². The Labute approximate surface area is 196 Å². The summed E-state index contributed by atoms with van der Waals surface area (Å²) in [6, 6.07) is 30.1. The van der Waals surface area contributed by atoms with E-state index >= 15 is 0 Å². The molecule has 0 spiro atoms. The highest BCUT2D eigenvalue weighted by Crippen LogP contribution is 2.09. The third-order valence-corrected chi connectivity index (χ3v) is 4.55. The smallest absolute Gasteiger partial charge is 0.152 e. The van der Waals surface area contributed by atoms with E-state index in [0.29, 0.717) is 6.42 Å². The van der Waals surface area contributed by atoms with Gasteiger partial charge in [-0.3, -0.25) is 4.79 Å². The summed E-state index contributed by atoms with van der Waals surface area (Å²) in [7, 11) is 0. The molecule has 0 unspecified atom stereocenters. The number of carbonyl (C=O) groups is 2. The summed E-state index contributed by atoms with van der Waals surface area (Å²) >= 11 is 0. The Bertz CT molecular complexity index is 1130. The molecule has 1 aromatic heterocycles. The molecule has 0 atom stereocenters. The number of allylic oxidation sites excluding steroid dienone is 2. The van der Waals surface area contributed by atoms with Crippen molar-refractivity contribution in [3.05, 3.63) is 120 Å². The molecule has 3 aromatic carbocycles. The fraction of sp³-hybridized carbons (Fsp3) is 0.133. The first-order valence-electron chi connectivity index (χ1n) is 11.0. The Hall–Kier alpha value is -3.98. The van der Waals surface area contributed by atoms with Crippen molar-refractivity contribution in [2.75, 3.05) is 0 Å². The van der Waals surface area contributed by atoms with Gasteiger partial charge < -0.3 is 9.78 Å². The number of benzene rings is 3. The van der Waals surface area contributed by atoms with Crippen LogP contribution in [0.4, 0.5) is 0 Å². The van der Waals surface area contributed by atoms with Gasteiger partial charge in [0.15, 0.2) is 5.78 Å². The monoisotopic (exact) mass is 437 g/mol. The van der Waals surface area contributed by atoms with Crippen LogP contribution in [0.1, 0.15) is 37.8 Å². The molecule has 3 nitrogen and oxygen atoms in total. The maximum atomic E-state index is 10.6. The van der Waals surface area contributed by atoms with E-state index in [1.165, 1.54) is 16.5 Å². The lowest BCUT2D eigenvalue weighted by atomic mass is 10.1.